The second-order valence-electron chi connectivity index (χ2n) is 3.64. The summed E-state index contributed by atoms with van der Waals surface area (Å²) >= 11 is 2.19. The monoisotopic (exact) mass is 298 g/mol. The maximum atomic E-state index is 11.2. The molecule has 0 atom stereocenters. The Balaban J connectivity index is 1.94. The minimum Gasteiger partial charge on any atom is -0.481 e. The van der Waals surface area contributed by atoms with Crippen molar-refractivity contribution in [2.75, 3.05) is 5.73 Å². The lowest BCUT2D eigenvalue weighted by Crippen LogP contribution is -2.03. The first kappa shape index (κ1) is 13.6. The highest BCUT2D eigenvalue weighted by atomic mass is 32.2. The minimum absolute atomic E-state index is 0.153. The fourth-order valence-electron chi connectivity index (χ4n) is 1.29. The number of fused-ring (bicyclic) bond motifs is 1. The van der Waals surface area contributed by atoms with E-state index in [4.69, 9.17) is 15.0 Å². The van der Waals surface area contributed by atoms with Crippen molar-refractivity contribution in [3.8, 4) is 0 Å². The third kappa shape index (κ3) is 3.83. The van der Waals surface area contributed by atoms with Crippen LogP contribution in [0.2, 0.25) is 0 Å². The number of carbonyl (C=O) groups excluding carboxylic acids is 1. The summed E-state index contributed by atoms with van der Waals surface area (Å²) in [5.41, 5.74) is 7.08. The van der Waals surface area contributed by atoms with Crippen LogP contribution in [-0.2, 0) is 13.8 Å². The highest BCUT2D eigenvalue weighted by Gasteiger charge is 2.11. The molecular weight excluding hydrogens is 288 g/mol. The molecule has 1 heterocycles. The number of carboxylic acid groups (broad SMARTS) is 1. The standard InChI is InChI=1S/C11H10N2O4S2/c12-6-1-2-7-8(5-6)18-11(13-7)19-17-10(16)4-3-9(14)15/h1-2,5H,3-4,12H2,(H,14,15). The molecule has 8 heteroatoms. The van der Waals surface area contributed by atoms with E-state index in [1.165, 1.54) is 11.3 Å². The molecule has 3 N–H and O–H groups in total. The van der Waals surface area contributed by atoms with Crippen LogP contribution >= 0.6 is 23.4 Å². The molecular formula is C11H10N2O4S2. The molecule has 0 amide bonds. The number of nitrogens with two attached hydrogens (primary N) is 1. The van der Waals surface area contributed by atoms with Crippen molar-refractivity contribution in [3.05, 3.63) is 18.2 Å². The van der Waals surface area contributed by atoms with Crippen molar-refractivity contribution < 1.29 is 18.9 Å². The third-order valence-corrected chi connectivity index (χ3v) is 3.91. The zero-order chi connectivity index (χ0) is 13.8. The van der Waals surface area contributed by atoms with Crippen LogP contribution in [0.4, 0.5) is 5.69 Å². The van der Waals surface area contributed by atoms with Gasteiger partial charge in [-0.2, -0.15) is 0 Å². The average molecular weight is 298 g/mol. The van der Waals surface area contributed by atoms with E-state index >= 15 is 0 Å². The van der Waals surface area contributed by atoms with Crippen LogP contribution < -0.4 is 5.73 Å². The molecule has 0 aliphatic heterocycles. The first-order chi connectivity index (χ1) is 9.04. The lowest BCUT2D eigenvalue weighted by molar-refractivity contribution is -0.141. The molecule has 2 aromatic rings. The molecule has 0 saturated heterocycles. The Morgan fingerprint density at radius 3 is 2.95 bits per heavy atom. The molecule has 0 aliphatic rings. The van der Waals surface area contributed by atoms with Gasteiger partial charge in [0, 0.05) is 5.69 Å². The number of aromatic nitrogens is 1. The average Bonchev–Trinajstić information content (AvgIpc) is 2.75. The maximum absolute atomic E-state index is 11.2. The molecule has 1 aromatic heterocycles. The molecule has 0 aliphatic carbocycles. The number of rotatable bonds is 5. The lowest BCUT2D eigenvalue weighted by Gasteiger charge is -1.97. The predicted octanol–water partition coefficient (Wildman–Crippen LogP) is 2.29. The fourth-order valence-corrected chi connectivity index (χ4v) is 2.92. The Kier molecular flexibility index (Phi) is 4.23. The normalized spacial score (nSPS) is 10.5. The largest absolute Gasteiger partial charge is 0.481 e. The Bertz CT molecular complexity index is 626. The topological polar surface area (TPSA) is 103 Å². The zero-order valence-corrected chi connectivity index (χ0v) is 11.3. The number of aliphatic carboxylic acids is 1. The van der Waals surface area contributed by atoms with E-state index in [2.05, 4.69) is 4.98 Å². The maximum Gasteiger partial charge on any atom is 0.318 e. The second-order valence-corrected chi connectivity index (χ2v) is 5.65. The fraction of sp³-hybridized carbons (Fsp3) is 0.182. The highest BCUT2D eigenvalue weighted by Crippen LogP contribution is 2.31. The van der Waals surface area contributed by atoms with Gasteiger partial charge in [0.15, 0.2) is 4.34 Å². The van der Waals surface area contributed by atoms with E-state index in [1.807, 2.05) is 0 Å². The van der Waals surface area contributed by atoms with Crippen molar-refractivity contribution in [1.82, 2.24) is 4.98 Å². The number of carboxylic acids is 1. The number of hydrogen-bond donors (Lipinski definition) is 2. The van der Waals surface area contributed by atoms with E-state index < -0.39 is 11.9 Å². The molecule has 6 nitrogen and oxygen atoms in total. The van der Waals surface area contributed by atoms with Crippen LogP contribution in [0.5, 0.6) is 0 Å². The van der Waals surface area contributed by atoms with Gasteiger partial charge >= 0.3 is 11.9 Å². The summed E-state index contributed by atoms with van der Waals surface area (Å²) < 4.78 is 6.35. The van der Waals surface area contributed by atoms with Gasteiger partial charge in [-0.25, -0.2) is 4.98 Å². The Labute approximate surface area is 116 Å². The summed E-state index contributed by atoms with van der Waals surface area (Å²) in [5, 5.41) is 8.43. The first-order valence-electron chi connectivity index (χ1n) is 5.30. The molecule has 19 heavy (non-hydrogen) atoms. The summed E-state index contributed by atoms with van der Waals surface area (Å²) in [4.78, 5) is 25.8. The molecule has 100 valence electrons. The number of hydrogen-bond acceptors (Lipinski definition) is 7. The van der Waals surface area contributed by atoms with Crippen molar-refractivity contribution in [2.24, 2.45) is 0 Å². The van der Waals surface area contributed by atoms with Crippen LogP contribution in [0.3, 0.4) is 0 Å². The summed E-state index contributed by atoms with van der Waals surface area (Å²) in [6.07, 6.45) is -0.393. The van der Waals surface area contributed by atoms with E-state index in [9.17, 15) is 9.59 Å². The number of nitrogens with zero attached hydrogens (tertiary/aromatic N) is 1. The minimum atomic E-state index is -1.03. The number of carbonyl (C=O) groups is 2. The summed E-state index contributed by atoms with van der Waals surface area (Å²) in [6, 6.07) is 5.33. The van der Waals surface area contributed by atoms with Gasteiger partial charge in [-0.3, -0.25) is 9.59 Å². The molecule has 0 bridgehead atoms. The molecule has 0 fully saturated rings. The molecule has 0 saturated carbocycles. The van der Waals surface area contributed by atoms with Crippen molar-refractivity contribution >= 4 is 51.2 Å². The second kappa shape index (κ2) is 5.89. The van der Waals surface area contributed by atoms with Gasteiger partial charge in [0.1, 0.15) is 12.0 Å². The third-order valence-electron chi connectivity index (χ3n) is 2.14. The molecule has 2 rings (SSSR count). The first-order valence-corrected chi connectivity index (χ1v) is 6.85. The van der Waals surface area contributed by atoms with Crippen molar-refractivity contribution in [2.45, 2.75) is 17.2 Å². The smallest absolute Gasteiger partial charge is 0.318 e. The van der Waals surface area contributed by atoms with E-state index in [-0.39, 0.29) is 12.8 Å². The zero-order valence-electron chi connectivity index (χ0n) is 9.66. The number of nitrogen functional groups attached to an aromatic ring is 1. The predicted molar refractivity (Wildman–Crippen MR) is 72.9 cm³/mol. The van der Waals surface area contributed by atoms with Gasteiger partial charge in [-0.15, -0.1) is 11.3 Å². The van der Waals surface area contributed by atoms with Gasteiger partial charge in [0.25, 0.3) is 0 Å². The van der Waals surface area contributed by atoms with Gasteiger partial charge in [0.2, 0.25) is 0 Å². The van der Waals surface area contributed by atoms with E-state index in [0.717, 1.165) is 22.3 Å². The quantitative estimate of drug-likeness (QED) is 0.644. The SMILES string of the molecule is Nc1ccc2nc(SOC(=O)CCC(=O)O)sc2c1. The number of thiazole rings is 1. The highest BCUT2D eigenvalue weighted by molar-refractivity contribution is 7.97. The summed E-state index contributed by atoms with van der Waals surface area (Å²) in [7, 11) is 0. The van der Waals surface area contributed by atoms with Crippen LogP contribution in [-0.4, -0.2) is 22.0 Å². The number of benzene rings is 1. The van der Waals surface area contributed by atoms with Gasteiger partial charge in [-0.05, 0) is 18.2 Å². The van der Waals surface area contributed by atoms with Crippen LogP contribution in [0.25, 0.3) is 10.2 Å². The van der Waals surface area contributed by atoms with Gasteiger partial charge < -0.3 is 15.0 Å². The molecule has 1 aromatic carbocycles. The summed E-state index contributed by atoms with van der Waals surface area (Å²) in [5.74, 6) is -1.61. The Morgan fingerprint density at radius 1 is 1.42 bits per heavy atom. The van der Waals surface area contributed by atoms with Gasteiger partial charge in [-0.1, -0.05) is 0 Å². The van der Waals surface area contributed by atoms with Crippen molar-refractivity contribution in [3.63, 3.8) is 0 Å². The van der Waals surface area contributed by atoms with E-state index in [0.29, 0.717) is 10.0 Å². The molecule has 0 radical (unpaired) electrons. The van der Waals surface area contributed by atoms with Crippen LogP contribution in [0.15, 0.2) is 22.5 Å². The Morgan fingerprint density at radius 2 is 2.21 bits per heavy atom. The summed E-state index contributed by atoms with van der Waals surface area (Å²) in [6.45, 7) is 0. The van der Waals surface area contributed by atoms with Crippen molar-refractivity contribution in [1.29, 1.82) is 0 Å². The van der Waals surface area contributed by atoms with Gasteiger partial charge in [0.05, 0.1) is 23.1 Å². The Hall–Kier alpha value is -1.80. The van der Waals surface area contributed by atoms with Crippen LogP contribution in [0, 0.1) is 0 Å². The molecule has 0 unspecified atom stereocenters. The van der Waals surface area contributed by atoms with Crippen LogP contribution in [0.1, 0.15) is 12.8 Å². The van der Waals surface area contributed by atoms with E-state index in [1.54, 1.807) is 18.2 Å². The lowest BCUT2D eigenvalue weighted by atomic mass is 10.3. The number of anilines is 1. The molecule has 0 spiro atoms.